The third-order valence-electron chi connectivity index (χ3n) is 4.61. The smallest absolute Gasteiger partial charge is 0.341 e. The molecule has 3 N–H and O–H groups in total. The Kier molecular flexibility index (Phi) is 7.92. The molecule has 3 aromatic heterocycles. The molecule has 3 aromatic rings. The van der Waals surface area contributed by atoms with Crippen molar-refractivity contribution >= 4 is 57.2 Å². The summed E-state index contributed by atoms with van der Waals surface area (Å²) < 4.78 is 7.07. The third-order valence-corrected chi connectivity index (χ3v) is 7.63. The van der Waals surface area contributed by atoms with Crippen LogP contribution in [0.15, 0.2) is 16.6 Å². The number of rotatable bonds is 9. The van der Waals surface area contributed by atoms with Crippen molar-refractivity contribution in [1.82, 2.24) is 14.8 Å². The molecule has 0 spiro atoms. The lowest BCUT2D eigenvalue weighted by atomic mass is 10.1. The van der Waals surface area contributed by atoms with Gasteiger partial charge in [0.05, 0.1) is 22.8 Å². The Morgan fingerprint density at radius 2 is 2.00 bits per heavy atom. The van der Waals surface area contributed by atoms with Gasteiger partial charge in [0.1, 0.15) is 5.00 Å². The summed E-state index contributed by atoms with van der Waals surface area (Å²) in [6.07, 6.45) is 0. The number of esters is 1. The first kappa shape index (κ1) is 24.9. The third kappa shape index (κ3) is 5.45. The Balaban J connectivity index is 1.79. The second-order valence-corrected chi connectivity index (χ2v) is 10.5. The van der Waals surface area contributed by atoms with Gasteiger partial charge in [-0.15, -0.1) is 32.9 Å². The number of aryl methyl sites for hydroxylation is 1. The maximum absolute atomic E-state index is 12.7. The molecule has 33 heavy (non-hydrogen) atoms. The van der Waals surface area contributed by atoms with E-state index >= 15 is 0 Å². The van der Waals surface area contributed by atoms with E-state index in [2.05, 4.69) is 21.6 Å². The van der Waals surface area contributed by atoms with E-state index in [-0.39, 0.29) is 39.8 Å². The molecular weight excluding hydrogens is 482 g/mol. The fourth-order valence-corrected chi connectivity index (χ4v) is 5.79. The molecule has 9 nitrogen and oxygen atoms in total. The van der Waals surface area contributed by atoms with E-state index in [1.807, 2.05) is 30.7 Å². The molecule has 0 aromatic carbocycles. The van der Waals surface area contributed by atoms with Gasteiger partial charge in [0.2, 0.25) is 5.91 Å². The highest BCUT2D eigenvalue weighted by atomic mass is 32.2. The molecule has 2 amide bonds. The number of carbonyl (C=O) groups excluding carboxylic acids is 3. The zero-order valence-electron chi connectivity index (χ0n) is 18.9. The number of thioether (sulfide) groups is 1. The van der Waals surface area contributed by atoms with E-state index in [1.165, 1.54) is 16.6 Å². The zero-order valence-corrected chi connectivity index (χ0v) is 21.4. The normalized spacial score (nSPS) is 11.1. The summed E-state index contributed by atoms with van der Waals surface area (Å²) in [6.45, 7) is 9.54. The SMILES string of the molecule is CCOC(=O)c1c(NC(=O)CSc2nnc(-c3csc(C)c3)n2C(C)C)sc(C(N)=O)c1C. The number of hydrogen-bond donors (Lipinski definition) is 2. The fourth-order valence-electron chi connectivity index (χ4n) is 3.18. The minimum Gasteiger partial charge on any atom is -0.462 e. The second-order valence-electron chi connectivity index (χ2n) is 7.40. The van der Waals surface area contributed by atoms with Crippen LogP contribution in [0.2, 0.25) is 0 Å². The van der Waals surface area contributed by atoms with Gasteiger partial charge < -0.3 is 15.8 Å². The van der Waals surface area contributed by atoms with E-state index in [0.717, 1.165) is 22.7 Å². The molecule has 0 unspecified atom stereocenters. The van der Waals surface area contributed by atoms with Crippen molar-refractivity contribution in [2.45, 2.75) is 45.8 Å². The molecule has 3 rings (SSSR count). The molecule has 0 aliphatic carbocycles. The Labute approximate surface area is 203 Å². The van der Waals surface area contributed by atoms with Gasteiger partial charge >= 0.3 is 5.97 Å². The highest BCUT2D eigenvalue weighted by molar-refractivity contribution is 7.99. The van der Waals surface area contributed by atoms with Crippen LogP contribution < -0.4 is 11.1 Å². The van der Waals surface area contributed by atoms with Crippen LogP contribution in [0.1, 0.15) is 57.3 Å². The summed E-state index contributed by atoms with van der Waals surface area (Å²) in [5.74, 6) is -0.842. The molecule has 0 aliphatic rings. The van der Waals surface area contributed by atoms with E-state index < -0.39 is 11.9 Å². The minimum absolute atomic E-state index is 0.0403. The predicted molar refractivity (Wildman–Crippen MR) is 131 cm³/mol. The van der Waals surface area contributed by atoms with Crippen LogP contribution in [0.5, 0.6) is 0 Å². The number of primary amides is 1. The van der Waals surface area contributed by atoms with Crippen LogP contribution in [-0.2, 0) is 9.53 Å². The summed E-state index contributed by atoms with van der Waals surface area (Å²) in [4.78, 5) is 38.2. The molecule has 0 bridgehead atoms. The van der Waals surface area contributed by atoms with Crippen molar-refractivity contribution in [2.24, 2.45) is 5.73 Å². The van der Waals surface area contributed by atoms with Crippen molar-refractivity contribution in [2.75, 3.05) is 17.7 Å². The average Bonchev–Trinajstić information content (AvgIpc) is 3.43. The Morgan fingerprint density at radius 3 is 2.58 bits per heavy atom. The van der Waals surface area contributed by atoms with E-state index in [0.29, 0.717) is 10.7 Å². The number of thiophene rings is 2. The highest BCUT2D eigenvalue weighted by Crippen LogP contribution is 2.34. The summed E-state index contributed by atoms with van der Waals surface area (Å²) in [5, 5.41) is 14.2. The molecule has 0 saturated carbocycles. The number of anilines is 1. The number of hydrogen-bond acceptors (Lipinski definition) is 9. The number of aromatic nitrogens is 3. The first-order chi connectivity index (χ1) is 15.6. The van der Waals surface area contributed by atoms with Crippen molar-refractivity contribution in [3.05, 3.63) is 32.3 Å². The standard InChI is InChI=1S/C21H25N5O4S3/c1-6-30-20(29)15-12(5)16(17(22)28)33-19(15)23-14(27)9-32-21-25-24-18(26(21)10(2)3)13-7-11(4)31-8-13/h7-8,10H,6,9H2,1-5H3,(H2,22,28)(H,23,27). The van der Waals surface area contributed by atoms with Crippen molar-refractivity contribution < 1.29 is 19.1 Å². The molecule has 0 radical (unpaired) electrons. The Hall–Kier alpha value is -2.70. The second kappa shape index (κ2) is 10.5. The van der Waals surface area contributed by atoms with Gasteiger partial charge in [-0.3, -0.25) is 14.2 Å². The maximum Gasteiger partial charge on any atom is 0.341 e. The molecule has 176 valence electrons. The van der Waals surface area contributed by atoms with Gasteiger partial charge in [0.15, 0.2) is 11.0 Å². The Morgan fingerprint density at radius 1 is 1.27 bits per heavy atom. The van der Waals surface area contributed by atoms with E-state index in [4.69, 9.17) is 10.5 Å². The molecule has 12 heteroatoms. The number of ether oxygens (including phenoxy) is 1. The van der Waals surface area contributed by atoms with Crippen LogP contribution in [0.4, 0.5) is 5.00 Å². The van der Waals surface area contributed by atoms with Crippen LogP contribution >= 0.6 is 34.4 Å². The van der Waals surface area contributed by atoms with Crippen LogP contribution in [-0.4, -0.2) is 44.9 Å². The van der Waals surface area contributed by atoms with Crippen LogP contribution in [0.25, 0.3) is 11.4 Å². The summed E-state index contributed by atoms with van der Waals surface area (Å²) in [7, 11) is 0. The zero-order chi connectivity index (χ0) is 24.3. The lowest BCUT2D eigenvalue weighted by molar-refractivity contribution is -0.113. The minimum atomic E-state index is -0.667. The van der Waals surface area contributed by atoms with Gasteiger partial charge in [-0.25, -0.2) is 4.79 Å². The van der Waals surface area contributed by atoms with Gasteiger partial charge in [-0.2, -0.15) is 0 Å². The monoisotopic (exact) mass is 507 g/mol. The lowest BCUT2D eigenvalue weighted by Crippen LogP contribution is -2.17. The number of nitrogens with zero attached hydrogens (tertiary/aromatic N) is 3. The fraction of sp³-hybridized carbons (Fsp3) is 0.381. The number of carbonyl (C=O) groups is 3. The largest absolute Gasteiger partial charge is 0.462 e. The molecule has 0 fully saturated rings. The van der Waals surface area contributed by atoms with Gasteiger partial charge in [-0.1, -0.05) is 11.8 Å². The number of amides is 2. The topological polar surface area (TPSA) is 129 Å². The molecular formula is C21H25N5O4S3. The summed E-state index contributed by atoms with van der Waals surface area (Å²) >= 11 is 3.84. The molecule has 3 heterocycles. The van der Waals surface area contributed by atoms with E-state index in [9.17, 15) is 14.4 Å². The first-order valence-corrected chi connectivity index (χ1v) is 12.9. The Bertz CT molecular complexity index is 1190. The van der Waals surface area contributed by atoms with Gasteiger partial charge in [-0.05, 0) is 46.2 Å². The van der Waals surface area contributed by atoms with Gasteiger partial charge in [0, 0.05) is 21.9 Å². The molecule has 0 atom stereocenters. The molecule has 0 aliphatic heterocycles. The quantitative estimate of drug-likeness (QED) is 0.327. The predicted octanol–water partition coefficient (Wildman–Crippen LogP) is 4.27. The van der Waals surface area contributed by atoms with Crippen LogP contribution in [0.3, 0.4) is 0 Å². The van der Waals surface area contributed by atoms with Crippen molar-refractivity contribution in [1.29, 1.82) is 0 Å². The number of nitrogens with one attached hydrogen (secondary N) is 1. The number of nitrogens with two attached hydrogens (primary N) is 1. The van der Waals surface area contributed by atoms with Crippen molar-refractivity contribution in [3.63, 3.8) is 0 Å². The van der Waals surface area contributed by atoms with Crippen LogP contribution in [0, 0.1) is 13.8 Å². The summed E-state index contributed by atoms with van der Waals surface area (Å²) in [5.41, 5.74) is 6.95. The van der Waals surface area contributed by atoms with Crippen molar-refractivity contribution in [3.8, 4) is 11.4 Å². The summed E-state index contributed by atoms with van der Waals surface area (Å²) in [6, 6.07) is 2.15. The maximum atomic E-state index is 12.7. The van der Waals surface area contributed by atoms with E-state index in [1.54, 1.807) is 25.2 Å². The average molecular weight is 508 g/mol. The highest BCUT2D eigenvalue weighted by Gasteiger charge is 2.26. The molecule has 0 saturated heterocycles. The van der Waals surface area contributed by atoms with Gasteiger partial charge in [0.25, 0.3) is 5.91 Å². The first-order valence-electron chi connectivity index (χ1n) is 10.2. The lowest BCUT2D eigenvalue weighted by Gasteiger charge is -2.13.